The van der Waals surface area contributed by atoms with Crippen LogP contribution in [0.15, 0.2) is 0 Å². The molecule has 1 N–H and O–H groups in total. The zero-order valence-corrected chi connectivity index (χ0v) is 10.3. The molecule has 3 aliphatic heterocycles. The van der Waals surface area contributed by atoms with Crippen LogP contribution in [-0.2, 0) is 4.74 Å². The minimum absolute atomic E-state index is 0.774. The summed E-state index contributed by atoms with van der Waals surface area (Å²) in [5.41, 5.74) is 0. The minimum Gasteiger partial charge on any atom is -0.381 e. The molecule has 3 heteroatoms. The van der Waals surface area contributed by atoms with Gasteiger partial charge < -0.3 is 15.0 Å². The van der Waals surface area contributed by atoms with E-state index >= 15 is 0 Å². The van der Waals surface area contributed by atoms with Crippen LogP contribution in [0.1, 0.15) is 38.5 Å². The first-order valence-electron chi connectivity index (χ1n) is 6.88. The van der Waals surface area contributed by atoms with Gasteiger partial charge >= 0.3 is 0 Å². The van der Waals surface area contributed by atoms with Gasteiger partial charge in [-0.25, -0.2) is 0 Å². The molecule has 0 aromatic heterocycles. The van der Waals surface area contributed by atoms with Gasteiger partial charge in [-0.3, -0.25) is 0 Å². The van der Waals surface area contributed by atoms with Gasteiger partial charge in [0.25, 0.3) is 0 Å². The average Bonchev–Trinajstić information content (AvgIpc) is 2.68. The van der Waals surface area contributed by atoms with Crippen LogP contribution >= 0.6 is 0 Å². The predicted octanol–water partition coefficient (Wildman–Crippen LogP) is 1.38. The van der Waals surface area contributed by atoms with Crippen molar-refractivity contribution in [3.8, 4) is 0 Å². The molecule has 3 aliphatic rings. The molecule has 3 nitrogen and oxygen atoms in total. The first-order chi connectivity index (χ1) is 7.83. The van der Waals surface area contributed by atoms with E-state index in [4.69, 9.17) is 4.74 Å². The Labute approximate surface area is 98.5 Å². The normalized spacial score (nSPS) is 40.5. The van der Waals surface area contributed by atoms with E-state index in [-0.39, 0.29) is 0 Å². The second kappa shape index (κ2) is 4.63. The Bertz CT molecular complexity index is 228. The van der Waals surface area contributed by atoms with E-state index < -0.39 is 0 Å². The van der Waals surface area contributed by atoms with Crippen molar-refractivity contribution in [1.82, 2.24) is 10.2 Å². The summed E-state index contributed by atoms with van der Waals surface area (Å²) in [7, 11) is 2.34. The highest BCUT2D eigenvalue weighted by molar-refractivity contribution is 4.96. The Hall–Kier alpha value is -0.120. The molecular formula is C13H24N2O. The van der Waals surface area contributed by atoms with Crippen molar-refractivity contribution in [3.05, 3.63) is 0 Å². The fraction of sp³-hybridized carbons (Fsp3) is 1.00. The lowest BCUT2D eigenvalue weighted by Crippen LogP contribution is -2.51. The summed E-state index contributed by atoms with van der Waals surface area (Å²) in [6.07, 6.45) is 8.01. The van der Waals surface area contributed by atoms with Gasteiger partial charge in [0.15, 0.2) is 0 Å². The zero-order valence-electron chi connectivity index (χ0n) is 10.3. The maximum Gasteiger partial charge on any atom is 0.0480 e. The van der Waals surface area contributed by atoms with E-state index in [2.05, 4.69) is 17.3 Å². The van der Waals surface area contributed by atoms with Crippen molar-refractivity contribution < 1.29 is 4.74 Å². The Balaban J connectivity index is 1.59. The van der Waals surface area contributed by atoms with Crippen LogP contribution in [0.5, 0.6) is 0 Å². The fourth-order valence-corrected chi connectivity index (χ4v) is 3.75. The number of nitrogens with zero attached hydrogens (tertiary/aromatic N) is 1. The van der Waals surface area contributed by atoms with Gasteiger partial charge in [0, 0.05) is 37.4 Å². The summed E-state index contributed by atoms with van der Waals surface area (Å²) in [5.74, 6) is 0. The van der Waals surface area contributed by atoms with E-state index in [1.807, 2.05) is 0 Å². The molecule has 3 heterocycles. The molecule has 0 amide bonds. The SMILES string of the molecule is CN(C1CCOCC1)C1CC2CCC(C1)N2. The molecule has 0 radical (unpaired) electrons. The highest BCUT2D eigenvalue weighted by atomic mass is 16.5. The van der Waals surface area contributed by atoms with Gasteiger partial charge in [0.05, 0.1) is 0 Å². The van der Waals surface area contributed by atoms with Crippen molar-refractivity contribution in [1.29, 1.82) is 0 Å². The van der Waals surface area contributed by atoms with Gasteiger partial charge in [-0.1, -0.05) is 0 Å². The van der Waals surface area contributed by atoms with Gasteiger partial charge in [0.1, 0.15) is 0 Å². The number of rotatable bonds is 2. The van der Waals surface area contributed by atoms with Gasteiger partial charge in [-0.2, -0.15) is 0 Å². The Morgan fingerprint density at radius 3 is 2.19 bits per heavy atom. The van der Waals surface area contributed by atoms with Crippen LogP contribution in [0.4, 0.5) is 0 Å². The predicted molar refractivity (Wildman–Crippen MR) is 64.6 cm³/mol. The van der Waals surface area contributed by atoms with Crippen LogP contribution < -0.4 is 5.32 Å². The number of ether oxygens (including phenoxy) is 1. The van der Waals surface area contributed by atoms with E-state index in [9.17, 15) is 0 Å². The van der Waals surface area contributed by atoms with Crippen LogP contribution in [0.3, 0.4) is 0 Å². The molecule has 0 aromatic rings. The number of piperidine rings is 1. The number of nitrogens with one attached hydrogen (secondary N) is 1. The summed E-state index contributed by atoms with van der Waals surface area (Å²) < 4.78 is 5.45. The third kappa shape index (κ3) is 2.13. The molecule has 2 unspecified atom stereocenters. The highest BCUT2D eigenvalue weighted by Gasteiger charge is 2.36. The molecular weight excluding hydrogens is 200 g/mol. The fourth-order valence-electron chi connectivity index (χ4n) is 3.75. The van der Waals surface area contributed by atoms with Gasteiger partial charge in [0.2, 0.25) is 0 Å². The molecule has 16 heavy (non-hydrogen) atoms. The van der Waals surface area contributed by atoms with E-state index in [0.29, 0.717) is 0 Å². The summed E-state index contributed by atoms with van der Waals surface area (Å²) in [6, 6.07) is 3.22. The third-order valence-corrected chi connectivity index (χ3v) is 4.79. The van der Waals surface area contributed by atoms with Crippen molar-refractivity contribution in [2.24, 2.45) is 0 Å². The van der Waals surface area contributed by atoms with Crippen LogP contribution in [0, 0.1) is 0 Å². The molecule has 2 bridgehead atoms. The lowest BCUT2D eigenvalue weighted by molar-refractivity contribution is 0.0196. The summed E-state index contributed by atoms with van der Waals surface area (Å²) in [5, 5.41) is 3.73. The molecule has 0 saturated carbocycles. The molecule has 3 rings (SSSR count). The van der Waals surface area contributed by atoms with Gasteiger partial charge in [-0.15, -0.1) is 0 Å². The first kappa shape index (κ1) is 11.0. The topological polar surface area (TPSA) is 24.5 Å². The van der Waals surface area contributed by atoms with Crippen LogP contribution in [0.25, 0.3) is 0 Å². The van der Waals surface area contributed by atoms with Gasteiger partial charge in [-0.05, 0) is 45.6 Å². The highest BCUT2D eigenvalue weighted by Crippen LogP contribution is 2.31. The van der Waals surface area contributed by atoms with E-state index in [0.717, 1.165) is 37.4 Å². The molecule has 0 aromatic carbocycles. The Kier molecular flexibility index (Phi) is 3.18. The lowest BCUT2D eigenvalue weighted by Gasteiger charge is -2.41. The zero-order chi connectivity index (χ0) is 11.0. The third-order valence-electron chi connectivity index (χ3n) is 4.79. The Morgan fingerprint density at radius 1 is 0.938 bits per heavy atom. The molecule has 3 fully saturated rings. The van der Waals surface area contributed by atoms with Crippen molar-refractivity contribution in [2.75, 3.05) is 20.3 Å². The van der Waals surface area contributed by atoms with Crippen molar-refractivity contribution in [2.45, 2.75) is 62.7 Å². The second-order valence-corrected chi connectivity index (χ2v) is 5.77. The largest absolute Gasteiger partial charge is 0.381 e. The average molecular weight is 224 g/mol. The Morgan fingerprint density at radius 2 is 1.56 bits per heavy atom. The molecule has 0 aliphatic carbocycles. The minimum atomic E-state index is 0.774. The first-order valence-corrected chi connectivity index (χ1v) is 6.88. The summed E-state index contributed by atoms with van der Waals surface area (Å²) in [4.78, 5) is 2.66. The summed E-state index contributed by atoms with van der Waals surface area (Å²) >= 11 is 0. The number of fused-ring (bicyclic) bond motifs is 2. The maximum atomic E-state index is 5.45. The van der Waals surface area contributed by atoms with E-state index in [1.54, 1.807) is 0 Å². The van der Waals surface area contributed by atoms with Crippen LogP contribution in [-0.4, -0.2) is 49.3 Å². The lowest BCUT2D eigenvalue weighted by atomic mass is 9.95. The molecule has 92 valence electrons. The van der Waals surface area contributed by atoms with Crippen molar-refractivity contribution in [3.63, 3.8) is 0 Å². The van der Waals surface area contributed by atoms with E-state index in [1.165, 1.54) is 38.5 Å². The molecule has 3 saturated heterocycles. The molecule has 2 atom stereocenters. The quantitative estimate of drug-likeness (QED) is 0.767. The molecule has 0 spiro atoms. The monoisotopic (exact) mass is 224 g/mol. The number of hydrogen-bond donors (Lipinski definition) is 1. The number of hydrogen-bond acceptors (Lipinski definition) is 3. The second-order valence-electron chi connectivity index (χ2n) is 5.77. The smallest absolute Gasteiger partial charge is 0.0480 e. The standard InChI is InChI=1S/C13H24N2O/c1-15(12-4-6-16-7-5-12)13-8-10-2-3-11(9-13)14-10/h10-14H,2-9H2,1H3. The van der Waals surface area contributed by atoms with Crippen molar-refractivity contribution >= 4 is 0 Å². The maximum absolute atomic E-state index is 5.45. The summed E-state index contributed by atoms with van der Waals surface area (Å²) in [6.45, 7) is 1.93. The van der Waals surface area contributed by atoms with Crippen LogP contribution in [0.2, 0.25) is 0 Å².